The fourth-order valence-electron chi connectivity index (χ4n) is 1.06. The summed E-state index contributed by atoms with van der Waals surface area (Å²) in [4.78, 5) is 10.4. The molecule has 2 nitrogen and oxygen atoms in total. The Hall–Kier alpha value is -1.38. The van der Waals surface area contributed by atoms with E-state index in [-0.39, 0.29) is 0 Å². The zero-order valence-electron chi connectivity index (χ0n) is 7.37. The fourth-order valence-corrected chi connectivity index (χ4v) is 1.06. The van der Waals surface area contributed by atoms with Crippen LogP contribution in [0.15, 0.2) is 24.3 Å². The second-order valence-corrected chi connectivity index (χ2v) is 2.67. The first-order valence-corrected chi connectivity index (χ1v) is 3.97. The highest BCUT2D eigenvalue weighted by Gasteiger charge is 2.08. The smallest absolute Gasteiger partial charge is 0.130 e. The molecule has 1 aromatic rings. The molecule has 0 radical (unpaired) electrons. The average molecular weight is 182 g/mol. The minimum absolute atomic E-state index is 0.613. The molecule has 0 fully saturated rings. The van der Waals surface area contributed by atoms with E-state index in [2.05, 4.69) is 0 Å². The van der Waals surface area contributed by atoms with Gasteiger partial charge < -0.3 is 9.53 Å². The molecule has 1 unspecified atom stereocenters. The molecule has 0 aliphatic carbocycles. The Morgan fingerprint density at radius 1 is 1.46 bits per heavy atom. The monoisotopic (exact) mass is 182 g/mol. The van der Waals surface area contributed by atoms with Crippen molar-refractivity contribution in [1.82, 2.24) is 0 Å². The van der Waals surface area contributed by atoms with Gasteiger partial charge in [0.2, 0.25) is 0 Å². The molecular weight excluding hydrogens is 171 g/mol. The van der Waals surface area contributed by atoms with Gasteiger partial charge in [-0.15, -0.1) is 0 Å². The topological polar surface area (TPSA) is 26.3 Å². The van der Waals surface area contributed by atoms with Crippen LogP contribution in [0, 0.1) is 0 Å². The van der Waals surface area contributed by atoms with Gasteiger partial charge in [0.05, 0.1) is 13.0 Å². The Bertz CT molecular complexity index is 269. The first-order valence-electron chi connectivity index (χ1n) is 3.97. The van der Waals surface area contributed by atoms with Gasteiger partial charge in [-0.1, -0.05) is 12.1 Å². The minimum atomic E-state index is -0.657. The number of hydrogen-bond donors (Lipinski definition) is 0. The summed E-state index contributed by atoms with van der Waals surface area (Å²) >= 11 is 0. The number of methoxy groups -OCH3 is 1. The van der Waals surface area contributed by atoms with Gasteiger partial charge in [0, 0.05) is 0 Å². The van der Waals surface area contributed by atoms with E-state index in [1.54, 1.807) is 31.4 Å². The maximum atomic E-state index is 12.3. The predicted molar refractivity (Wildman–Crippen MR) is 47.8 cm³/mol. The van der Waals surface area contributed by atoms with Crippen molar-refractivity contribution in [1.29, 1.82) is 0 Å². The molecule has 0 spiro atoms. The van der Waals surface area contributed by atoms with Crippen molar-refractivity contribution < 1.29 is 13.9 Å². The zero-order valence-corrected chi connectivity index (χ0v) is 7.37. The van der Waals surface area contributed by atoms with Gasteiger partial charge in [-0.2, -0.15) is 0 Å². The standard InChI is InChI=1S/C10H11FO2/c1-13-10-4-2-8(3-5-10)9(6-11)7-12/h2-5,7,9H,6H2,1H3. The number of hydrogen-bond acceptors (Lipinski definition) is 2. The lowest BCUT2D eigenvalue weighted by Gasteiger charge is -2.06. The largest absolute Gasteiger partial charge is 0.497 e. The molecule has 0 saturated carbocycles. The maximum Gasteiger partial charge on any atom is 0.130 e. The van der Waals surface area contributed by atoms with Gasteiger partial charge in [0.15, 0.2) is 0 Å². The first kappa shape index (κ1) is 9.71. The Kier molecular flexibility index (Phi) is 3.43. The number of aldehydes is 1. The highest BCUT2D eigenvalue weighted by atomic mass is 19.1. The van der Waals surface area contributed by atoms with E-state index in [1.807, 2.05) is 0 Å². The normalized spacial score (nSPS) is 12.2. The lowest BCUT2D eigenvalue weighted by molar-refractivity contribution is -0.109. The third-order valence-corrected chi connectivity index (χ3v) is 1.87. The summed E-state index contributed by atoms with van der Waals surface area (Å²) in [6.45, 7) is -0.657. The molecule has 0 saturated heterocycles. The van der Waals surface area contributed by atoms with Crippen LogP contribution in [0.2, 0.25) is 0 Å². The Morgan fingerprint density at radius 3 is 2.46 bits per heavy atom. The van der Waals surface area contributed by atoms with E-state index in [0.29, 0.717) is 17.6 Å². The Balaban J connectivity index is 2.83. The van der Waals surface area contributed by atoms with E-state index < -0.39 is 12.6 Å². The molecule has 0 bridgehead atoms. The van der Waals surface area contributed by atoms with Crippen molar-refractivity contribution in [3.63, 3.8) is 0 Å². The van der Waals surface area contributed by atoms with Crippen LogP contribution < -0.4 is 4.74 Å². The number of alkyl halides is 1. The van der Waals surface area contributed by atoms with Gasteiger partial charge in [-0.3, -0.25) is 0 Å². The molecule has 1 aromatic carbocycles. The van der Waals surface area contributed by atoms with Crippen LogP contribution in [-0.4, -0.2) is 20.1 Å². The van der Waals surface area contributed by atoms with E-state index in [4.69, 9.17) is 4.74 Å². The number of carbonyl (C=O) groups is 1. The minimum Gasteiger partial charge on any atom is -0.497 e. The van der Waals surface area contributed by atoms with Gasteiger partial charge in [0.25, 0.3) is 0 Å². The molecule has 1 rings (SSSR count). The first-order chi connectivity index (χ1) is 6.31. The highest BCUT2D eigenvalue weighted by molar-refractivity contribution is 5.62. The van der Waals surface area contributed by atoms with Crippen LogP contribution in [-0.2, 0) is 4.79 Å². The number of benzene rings is 1. The summed E-state index contributed by atoms with van der Waals surface area (Å²) in [7, 11) is 1.56. The number of halogens is 1. The van der Waals surface area contributed by atoms with E-state index >= 15 is 0 Å². The highest BCUT2D eigenvalue weighted by Crippen LogP contribution is 2.18. The van der Waals surface area contributed by atoms with E-state index in [9.17, 15) is 9.18 Å². The number of carbonyl (C=O) groups excluding carboxylic acids is 1. The van der Waals surface area contributed by atoms with Crippen molar-refractivity contribution in [3.8, 4) is 5.75 Å². The summed E-state index contributed by atoms with van der Waals surface area (Å²) in [5.74, 6) is 0.0539. The summed E-state index contributed by atoms with van der Waals surface area (Å²) in [6.07, 6.45) is 0.613. The summed E-state index contributed by atoms with van der Waals surface area (Å²) < 4.78 is 17.2. The van der Waals surface area contributed by atoms with Gasteiger partial charge in [-0.05, 0) is 17.7 Å². The second kappa shape index (κ2) is 4.60. The molecule has 0 aromatic heterocycles. The van der Waals surface area contributed by atoms with Crippen molar-refractivity contribution in [3.05, 3.63) is 29.8 Å². The second-order valence-electron chi connectivity index (χ2n) is 2.67. The number of ether oxygens (including phenoxy) is 1. The van der Waals surface area contributed by atoms with Crippen LogP contribution in [0.3, 0.4) is 0 Å². The van der Waals surface area contributed by atoms with Crippen molar-refractivity contribution in [2.24, 2.45) is 0 Å². The number of rotatable bonds is 4. The Labute approximate surface area is 76.3 Å². The van der Waals surface area contributed by atoms with Crippen molar-refractivity contribution in [2.45, 2.75) is 5.92 Å². The molecular formula is C10H11FO2. The maximum absolute atomic E-state index is 12.3. The third-order valence-electron chi connectivity index (χ3n) is 1.87. The molecule has 0 heterocycles. The predicted octanol–water partition coefficient (Wildman–Crippen LogP) is 1.95. The summed E-state index contributed by atoms with van der Waals surface area (Å²) in [6, 6.07) is 6.80. The zero-order chi connectivity index (χ0) is 9.68. The molecule has 0 amide bonds. The summed E-state index contributed by atoms with van der Waals surface area (Å²) in [5, 5.41) is 0. The van der Waals surface area contributed by atoms with Gasteiger partial charge in [0.1, 0.15) is 18.7 Å². The molecule has 1 atom stereocenters. The lowest BCUT2D eigenvalue weighted by Crippen LogP contribution is -2.01. The van der Waals surface area contributed by atoms with E-state index in [0.717, 1.165) is 0 Å². The van der Waals surface area contributed by atoms with Crippen molar-refractivity contribution in [2.75, 3.05) is 13.8 Å². The molecule has 0 aliphatic heterocycles. The molecule has 0 aliphatic rings. The Morgan fingerprint density at radius 2 is 2.08 bits per heavy atom. The van der Waals surface area contributed by atoms with Crippen LogP contribution >= 0.6 is 0 Å². The molecule has 3 heteroatoms. The van der Waals surface area contributed by atoms with Crippen LogP contribution in [0.25, 0.3) is 0 Å². The lowest BCUT2D eigenvalue weighted by atomic mass is 10.0. The fraction of sp³-hybridized carbons (Fsp3) is 0.300. The van der Waals surface area contributed by atoms with Gasteiger partial charge >= 0.3 is 0 Å². The van der Waals surface area contributed by atoms with Crippen molar-refractivity contribution >= 4 is 6.29 Å². The molecule has 13 heavy (non-hydrogen) atoms. The molecule has 0 N–H and O–H groups in total. The third kappa shape index (κ3) is 2.28. The quantitative estimate of drug-likeness (QED) is 0.665. The molecule has 70 valence electrons. The average Bonchev–Trinajstić information content (AvgIpc) is 2.21. The van der Waals surface area contributed by atoms with E-state index in [1.165, 1.54) is 0 Å². The van der Waals surface area contributed by atoms with Crippen LogP contribution in [0.1, 0.15) is 11.5 Å². The van der Waals surface area contributed by atoms with Crippen LogP contribution in [0.4, 0.5) is 4.39 Å². The van der Waals surface area contributed by atoms with Crippen LogP contribution in [0.5, 0.6) is 5.75 Å². The van der Waals surface area contributed by atoms with Gasteiger partial charge in [-0.25, -0.2) is 4.39 Å². The summed E-state index contributed by atoms with van der Waals surface area (Å²) in [5.41, 5.74) is 0.679. The SMILES string of the molecule is COc1ccc(C(C=O)CF)cc1.